The molecule has 7 nitrogen and oxygen atoms in total. The molecule has 2 aromatic rings. The molecule has 2 rings (SSSR count). The Labute approximate surface area is 169 Å². The van der Waals surface area contributed by atoms with E-state index >= 15 is 0 Å². The summed E-state index contributed by atoms with van der Waals surface area (Å²) in [6.45, 7) is -0.574. The van der Waals surface area contributed by atoms with Crippen molar-refractivity contribution in [3.63, 3.8) is 0 Å². The van der Waals surface area contributed by atoms with Crippen LogP contribution in [0.15, 0.2) is 83.0 Å². The first-order valence-corrected chi connectivity index (χ1v) is 8.89. The number of benzene rings is 2. The molecule has 29 heavy (non-hydrogen) atoms. The summed E-state index contributed by atoms with van der Waals surface area (Å²) in [4.78, 5) is 23.1. The fraction of sp³-hybridized carbons (Fsp3) is 0.0909. The highest BCUT2D eigenvalue weighted by Crippen LogP contribution is 2.00. The van der Waals surface area contributed by atoms with Crippen molar-refractivity contribution in [3.8, 4) is 0 Å². The Balaban J connectivity index is 1.55. The maximum Gasteiger partial charge on any atom is 0.266 e. The summed E-state index contributed by atoms with van der Waals surface area (Å²) in [5, 5.41) is 7.51. The van der Waals surface area contributed by atoms with Crippen LogP contribution in [0, 0.1) is 0 Å². The molecule has 0 saturated heterocycles. The number of carbonyl (C=O) groups excluding carboxylic acids is 2. The second-order valence-electron chi connectivity index (χ2n) is 5.66. The molecule has 2 N–H and O–H groups in total. The Morgan fingerprint density at radius 2 is 1.14 bits per heavy atom. The lowest BCUT2D eigenvalue weighted by Crippen LogP contribution is -2.28. The summed E-state index contributed by atoms with van der Waals surface area (Å²) in [7, 11) is 0. The van der Waals surface area contributed by atoms with E-state index in [0.29, 0.717) is 0 Å². The van der Waals surface area contributed by atoms with E-state index in [1.165, 1.54) is 12.4 Å². The zero-order valence-electron chi connectivity index (χ0n) is 15.8. The van der Waals surface area contributed by atoms with Crippen molar-refractivity contribution in [2.24, 2.45) is 10.2 Å². The molecule has 2 amide bonds. The number of nitrogens with one attached hydrogen (secondary N) is 2. The minimum atomic E-state index is -0.462. The maximum absolute atomic E-state index is 11.5. The third-order valence-electron chi connectivity index (χ3n) is 3.34. The van der Waals surface area contributed by atoms with E-state index in [2.05, 4.69) is 21.1 Å². The highest BCUT2D eigenvalue weighted by Gasteiger charge is 2.03. The summed E-state index contributed by atoms with van der Waals surface area (Å²) in [5.74, 6) is -0.923. The minimum absolute atomic E-state index is 0.287. The van der Waals surface area contributed by atoms with Gasteiger partial charge in [-0.05, 0) is 23.3 Å². The van der Waals surface area contributed by atoms with E-state index < -0.39 is 11.8 Å². The van der Waals surface area contributed by atoms with Gasteiger partial charge in [-0.15, -0.1) is 0 Å². The average molecular weight is 390 g/mol. The lowest BCUT2D eigenvalue weighted by atomic mass is 10.2. The fourth-order valence-corrected chi connectivity index (χ4v) is 2.04. The quantitative estimate of drug-likeness (QED) is 0.482. The van der Waals surface area contributed by atoms with Crippen LogP contribution in [0.25, 0.3) is 12.2 Å². The lowest BCUT2D eigenvalue weighted by Gasteiger charge is -2.01. The molecule has 0 fully saturated rings. The fourth-order valence-electron chi connectivity index (χ4n) is 2.04. The first-order valence-electron chi connectivity index (χ1n) is 8.89. The Hall–Kier alpha value is -3.84. The van der Waals surface area contributed by atoms with E-state index in [0.717, 1.165) is 11.1 Å². The number of hydrazone groups is 2. The van der Waals surface area contributed by atoms with Crippen molar-refractivity contribution in [2.75, 3.05) is 13.2 Å². The molecule has 0 saturated carbocycles. The van der Waals surface area contributed by atoms with E-state index in [1.54, 1.807) is 12.2 Å². The monoisotopic (exact) mass is 390 g/mol. The van der Waals surface area contributed by atoms with Gasteiger partial charge in [0.2, 0.25) is 0 Å². The van der Waals surface area contributed by atoms with Crippen LogP contribution in [0.5, 0.6) is 0 Å². The van der Waals surface area contributed by atoms with Crippen molar-refractivity contribution in [3.05, 3.63) is 83.9 Å². The highest BCUT2D eigenvalue weighted by molar-refractivity contribution is 5.83. The lowest BCUT2D eigenvalue weighted by molar-refractivity contribution is -0.130. The first kappa shape index (κ1) is 21.5. The Bertz CT molecular complexity index is 802. The van der Waals surface area contributed by atoms with Gasteiger partial charge in [-0.1, -0.05) is 72.8 Å². The molecule has 0 aliphatic carbocycles. The van der Waals surface area contributed by atoms with Crippen molar-refractivity contribution in [1.29, 1.82) is 0 Å². The SMILES string of the molecule is O=C(COCC(=O)N/N=C/C=C/c1ccccc1)N/N=C/C=C/c1ccccc1. The molecule has 0 radical (unpaired) electrons. The van der Waals surface area contributed by atoms with Gasteiger partial charge >= 0.3 is 0 Å². The average Bonchev–Trinajstić information content (AvgIpc) is 2.75. The molecular formula is C22H22N4O3. The molecule has 148 valence electrons. The third kappa shape index (κ3) is 10.2. The summed E-state index contributed by atoms with van der Waals surface area (Å²) in [6, 6.07) is 19.4. The minimum Gasteiger partial charge on any atom is -0.362 e. The number of nitrogens with zero attached hydrogens (tertiary/aromatic N) is 2. The van der Waals surface area contributed by atoms with Gasteiger partial charge in [0.25, 0.3) is 11.8 Å². The van der Waals surface area contributed by atoms with Gasteiger partial charge < -0.3 is 4.74 Å². The van der Waals surface area contributed by atoms with E-state index in [9.17, 15) is 9.59 Å². The largest absolute Gasteiger partial charge is 0.362 e. The van der Waals surface area contributed by atoms with Gasteiger partial charge in [0.15, 0.2) is 0 Å². The van der Waals surface area contributed by atoms with E-state index in [1.807, 2.05) is 72.8 Å². The van der Waals surface area contributed by atoms with Crippen LogP contribution in [0.2, 0.25) is 0 Å². The number of rotatable bonds is 10. The van der Waals surface area contributed by atoms with Crippen LogP contribution in [-0.4, -0.2) is 37.5 Å². The standard InChI is InChI=1S/C22H22N4O3/c27-21(25-23-15-7-13-19-9-3-1-4-10-19)17-29-18-22(28)26-24-16-8-14-20-11-5-2-6-12-20/h1-16H,17-18H2,(H,25,27)(H,26,28)/b13-7+,14-8+,23-15+,24-16+. The van der Waals surface area contributed by atoms with Crippen LogP contribution < -0.4 is 10.9 Å². The molecule has 0 bridgehead atoms. The molecule has 0 spiro atoms. The molecule has 7 heteroatoms. The van der Waals surface area contributed by atoms with E-state index in [-0.39, 0.29) is 13.2 Å². The Morgan fingerprint density at radius 3 is 1.55 bits per heavy atom. The van der Waals surface area contributed by atoms with Crippen LogP contribution in [0.4, 0.5) is 0 Å². The number of hydrogen-bond acceptors (Lipinski definition) is 5. The number of carbonyl (C=O) groups is 2. The molecule has 0 heterocycles. The number of hydrogen-bond donors (Lipinski definition) is 2. The summed E-state index contributed by atoms with van der Waals surface area (Å²) < 4.78 is 5.00. The predicted octanol–water partition coefficient (Wildman–Crippen LogP) is 2.63. The summed E-state index contributed by atoms with van der Waals surface area (Å²) in [6.07, 6.45) is 10.0. The predicted molar refractivity (Wildman–Crippen MR) is 115 cm³/mol. The normalized spacial score (nSPS) is 11.6. The highest BCUT2D eigenvalue weighted by atomic mass is 16.5. The molecule has 0 aliphatic heterocycles. The van der Waals surface area contributed by atoms with Gasteiger partial charge in [-0.25, -0.2) is 10.9 Å². The Kier molecular flexibility index (Phi) is 9.88. The van der Waals surface area contributed by atoms with E-state index in [4.69, 9.17) is 4.74 Å². The van der Waals surface area contributed by atoms with Crippen LogP contribution in [0.3, 0.4) is 0 Å². The topological polar surface area (TPSA) is 92.2 Å². The maximum atomic E-state index is 11.5. The van der Waals surface area contributed by atoms with Crippen LogP contribution >= 0.6 is 0 Å². The molecule has 0 atom stereocenters. The molecule has 0 aromatic heterocycles. The molecule has 0 unspecified atom stereocenters. The second-order valence-corrected chi connectivity index (χ2v) is 5.66. The summed E-state index contributed by atoms with van der Waals surface area (Å²) in [5.41, 5.74) is 6.66. The molecule has 2 aromatic carbocycles. The van der Waals surface area contributed by atoms with Crippen molar-refractivity contribution in [2.45, 2.75) is 0 Å². The van der Waals surface area contributed by atoms with Crippen LogP contribution in [0.1, 0.15) is 11.1 Å². The smallest absolute Gasteiger partial charge is 0.266 e. The van der Waals surface area contributed by atoms with Crippen molar-refractivity contribution >= 4 is 36.4 Å². The number of ether oxygens (including phenoxy) is 1. The number of amides is 2. The van der Waals surface area contributed by atoms with Crippen LogP contribution in [-0.2, 0) is 14.3 Å². The molecular weight excluding hydrogens is 368 g/mol. The van der Waals surface area contributed by atoms with Crippen molar-refractivity contribution in [1.82, 2.24) is 10.9 Å². The summed E-state index contributed by atoms with van der Waals surface area (Å²) >= 11 is 0. The zero-order valence-corrected chi connectivity index (χ0v) is 15.8. The third-order valence-corrected chi connectivity index (χ3v) is 3.34. The zero-order chi connectivity index (χ0) is 20.6. The van der Waals surface area contributed by atoms with Gasteiger partial charge in [0.05, 0.1) is 0 Å². The van der Waals surface area contributed by atoms with Gasteiger partial charge in [-0.3, -0.25) is 9.59 Å². The Morgan fingerprint density at radius 1 is 0.724 bits per heavy atom. The molecule has 0 aliphatic rings. The van der Waals surface area contributed by atoms with Gasteiger partial charge in [-0.2, -0.15) is 10.2 Å². The first-order chi connectivity index (χ1) is 14.2. The second kappa shape index (κ2) is 13.3. The van der Waals surface area contributed by atoms with Gasteiger partial charge in [0, 0.05) is 12.4 Å². The number of allylic oxidation sites excluding steroid dienone is 2. The van der Waals surface area contributed by atoms with Gasteiger partial charge in [0.1, 0.15) is 13.2 Å². The van der Waals surface area contributed by atoms with Crippen molar-refractivity contribution < 1.29 is 14.3 Å².